The molecule has 1 amide bonds. The molecule has 0 bridgehead atoms. The van der Waals surface area contributed by atoms with Gasteiger partial charge in [-0.15, -0.1) is 0 Å². The van der Waals surface area contributed by atoms with Crippen LogP contribution in [-0.4, -0.2) is 74.4 Å². The molecule has 5 nitrogen and oxygen atoms in total. The van der Waals surface area contributed by atoms with Crippen molar-refractivity contribution in [2.75, 3.05) is 46.6 Å². The van der Waals surface area contributed by atoms with Crippen molar-refractivity contribution >= 4 is 6.41 Å². The van der Waals surface area contributed by atoms with E-state index in [1.807, 2.05) is 21.0 Å². The first-order valence-corrected chi connectivity index (χ1v) is 9.67. The molecule has 24 heavy (non-hydrogen) atoms. The van der Waals surface area contributed by atoms with Gasteiger partial charge < -0.3 is 14.4 Å². The van der Waals surface area contributed by atoms with Crippen LogP contribution in [0.2, 0.25) is 0 Å². The first-order valence-electron chi connectivity index (χ1n) is 9.67. The number of ether oxygens (including phenoxy) is 2. The molecule has 0 saturated carbocycles. The predicted octanol–water partition coefficient (Wildman–Crippen LogP) is 2.79. The van der Waals surface area contributed by atoms with E-state index in [4.69, 9.17) is 9.47 Å². The van der Waals surface area contributed by atoms with Gasteiger partial charge in [0, 0.05) is 31.8 Å². The Morgan fingerprint density at radius 1 is 1.21 bits per heavy atom. The molecule has 0 aromatic rings. The lowest BCUT2D eigenvalue weighted by atomic mass is 9.83. The number of hydrogen-bond donors (Lipinski definition) is 0. The topological polar surface area (TPSA) is 42.0 Å². The van der Waals surface area contributed by atoms with Gasteiger partial charge in [0.25, 0.3) is 0 Å². The van der Waals surface area contributed by atoms with Crippen molar-refractivity contribution in [3.63, 3.8) is 0 Å². The smallest absolute Gasteiger partial charge is 0.209 e. The average Bonchev–Trinajstić information content (AvgIpc) is 3.20. The largest absolute Gasteiger partial charge is 0.383 e. The van der Waals surface area contributed by atoms with Crippen LogP contribution in [0.5, 0.6) is 0 Å². The predicted molar refractivity (Wildman–Crippen MR) is 98.2 cm³/mol. The van der Waals surface area contributed by atoms with Crippen LogP contribution in [0.15, 0.2) is 0 Å². The summed E-state index contributed by atoms with van der Waals surface area (Å²) in [5, 5.41) is 0. The van der Waals surface area contributed by atoms with Crippen molar-refractivity contribution in [3.8, 4) is 0 Å². The van der Waals surface area contributed by atoms with Gasteiger partial charge in [0.05, 0.1) is 19.8 Å². The van der Waals surface area contributed by atoms with Crippen LogP contribution in [0.4, 0.5) is 0 Å². The van der Waals surface area contributed by atoms with Gasteiger partial charge >= 0.3 is 0 Å². The molecule has 3 aliphatic rings. The van der Waals surface area contributed by atoms with Crippen LogP contribution in [-0.2, 0) is 14.3 Å². The van der Waals surface area contributed by atoms with Crippen molar-refractivity contribution in [3.05, 3.63) is 0 Å². The monoisotopic (exact) mass is 342 g/mol. The molecule has 2 atom stereocenters. The summed E-state index contributed by atoms with van der Waals surface area (Å²) in [5.41, 5.74) is 0.531. The van der Waals surface area contributed by atoms with E-state index in [0.29, 0.717) is 24.8 Å². The van der Waals surface area contributed by atoms with Crippen LogP contribution in [0.1, 0.15) is 53.4 Å². The van der Waals surface area contributed by atoms with Gasteiger partial charge in [-0.05, 0) is 38.1 Å². The zero-order chi connectivity index (χ0) is 18.0. The maximum Gasteiger partial charge on any atom is 0.209 e. The molecule has 3 rings (SSSR count). The lowest BCUT2D eigenvalue weighted by Crippen LogP contribution is -2.47. The fourth-order valence-corrected chi connectivity index (χ4v) is 4.27. The van der Waals surface area contributed by atoms with Gasteiger partial charge in [0.15, 0.2) is 0 Å². The number of rotatable bonds is 4. The number of nitrogens with zero attached hydrogens (tertiary/aromatic N) is 2. The summed E-state index contributed by atoms with van der Waals surface area (Å²) in [6, 6.07) is 0.699. The van der Waals surface area contributed by atoms with Gasteiger partial charge in [-0.2, -0.15) is 0 Å². The van der Waals surface area contributed by atoms with Gasteiger partial charge in [-0.1, -0.05) is 27.7 Å². The second-order valence-corrected chi connectivity index (χ2v) is 6.96. The maximum atomic E-state index is 10.0. The minimum atomic E-state index is 0.531. The zero-order valence-corrected chi connectivity index (χ0v) is 16.4. The van der Waals surface area contributed by atoms with Gasteiger partial charge in [-0.3, -0.25) is 9.69 Å². The molecule has 3 aliphatic heterocycles. The minimum absolute atomic E-state index is 0.531. The Morgan fingerprint density at radius 3 is 2.38 bits per heavy atom. The highest BCUT2D eigenvalue weighted by molar-refractivity contribution is 5.46. The fraction of sp³-hybridized carbons (Fsp3) is 0.947. The number of hydrogen-bond acceptors (Lipinski definition) is 4. The summed E-state index contributed by atoms with van der Waals surface area (Å²) in [7, 11) is 1.82. The molecular weight excluding hydrogens is 304 g/mol. The van der Waals surface area contributed by atoms with Gasteiger partial charge in [0.2, 0.25) is 6.41 Å². The third-order valence-electron chi connectivity index (χ3n) is 5.56. The Balaban J connectivity index is 0.000000245. The lowest BCUT2D eigenvalue weighted by molar-refractivity contribution is -0.121. The van der Waals surface area contributed by atoms with E-state index in [1.54, 1.807) is 4.90 Å². The number of morpholine rings is 1. The van der Waals surface area contributed by atoms with Gasteiger partial charge in [0.1, 0.15) is 0 Å². The second-order valence-electron chi connectivity index (χ2n) is 6.96. The van der Waals surface area contributed by atoms with E-state index in [-0.39, 0.29) is 0 Å². The Kier molecular flexibility index (Phi) is 9.86. The summed E-state index contributed by atoms with van der Waals surface area (Å²) >= 11 is 0. The normalized spacial score (nSPS) is 29.4. The SMILES string of the molecule is CC.COCC1CCC2(C(C)C)CCCN12.O=CN1CCOCC1. The molecule has 0 N–H and O–H groups in total. The van der Waals surface area contributed by atoms with Gasteiger partial charge in [-0.25, -0.2) is 0 Å². The minimum Gasteiger partial charge on any atom is -0.383 e. The van der Waals surface area contributed by atoms with E-state index < -0.39 is 0 Å². The van der Waals surface area contributed by atoms with E-state index in [1.165, 1.54) is 32.2 Å². The first-order chi connectivity index (χ1) is 11.6. The van der Waals surface area contributed by atoms with Crippen molar-refractivity contribution in [2.45, 2.75) is 65.0 Å². The molecule has 3 fully saturated rings. The first kappa shape index (κ1) is 21.4. The highest BCUT2D eigenvalue weighted by atomic mass is 16.5. The zero-order valence-electron chi connectivity index (χ0n) is 16.4. The highest BCUT2D eigenvalue weighted by Gasteiger charge is 2.50. The summed E-state index contributed by atoms with van der Waals surface area (Å²) in [4.78, 5) is 14.5. The third kappa shape index (κ3) is 5.17. The maximum absolute atomic E-state index is 10.0. The number of fused-ring (bicyclic) bond motifs is 1. The molecule has 0 aliphatic carbocycles. The standard InChI is InChI=1S/C12H23NO.C5H9NO2.C2H6/c1-10(2)12-6-4-8-13(12)11(5-7-12)9-14-3;7-5-6-1-3-8-4-2-6;1-2/h10-11H,4-9H2,1-3H3;5H,1-4H2;1-2H3. The third-order valence-corrected chi connectivity index (χ3v) is 5.56. The van der Waals surface area contributed by atoms with Crippen molar-refractivity contribution < 1.29 is 14.3 Å². The van der Waals surface area contributed by atoms with Crippen molar-refractivity contribution in [1.29, 1.82) is 0 Å². The van der Waals surface area contributed by atoms with E-state index in [9.17, 15) is 4.79 Å². The molecule has 2 unspecified atom stereocenters. The molecular formula is C19H38N2O3. The molecule has 0 aromatic heterocycles. The second kappa shape index (κ2) is 11.1. The van der Waals surface area contributed by atoms with Crippen LogP contribution >= 0.6 is 0 Å². The summed E-state index contributed by atoms with van der Waals surface area (Å²) in [5.74, 6) is 0.798. The molecule has 142 valence electrons. The van der Waals surface area contributed by atoms with E-state index >= 15 is 0 Å². The number of methoxy groups -OCH3 is 1. The van der Waals surface area contributed by atoms with E-state index in [0.717, 1.165) is 32.0 Å². The summed E-state index contributed by atoms with van der Waals surface area (Å²) in [6.45, 7) is 13.9. The van der Waals surface area contributed by atoms with Crippen molar-refractivity contribution in [2.24, 2.45) is 5.92 Å². The number of carbonyl (C=O) groups is 1. The fourth-order valence-electron chi connectivity index (χ4n) is 4.27. The Labute approximate surface area is 148 Å². The Morgan fingerprint density at radius 2 is 1.88 bits per heavy atom. The number of amides is 1. The number of carbonyl (C=O) groups excluding carboxylic acids is 1. The molecule has 0 spiro atoms. The highest BCUT2D eigenvalue weighted by Crippen LogP contribution is 2.46. The van der Waals surface area contributed by atoms with Crippen molar-refractivity contribution in [1.82, 2.24) is 9.80 Å². The molecule has 5 heteroatoms. The lowest BCUT2D eigenvalue weighted by Gasteiger charge is -2.38. The Bertz CT molecular complexity index is 346. The van der Waals surface area contributed by atoms with Crippen LogP contribution in [0.25, 0.3) is 0 Å². The average molecular weight is 343 g/mol. The quantitative estimate of drug-likeness (QED) is 0.737. The van der Waals surface area contributed by atoms with Crippen LogP contribution in [0, 0.1) is 5.92 Å². The summed E-state index contributed by atoms with van der Waals surface area (Å²) in [6.07, 6.45) is 6.39. The molecule has 3 saturated heterocycles. The molecule has 0 radical (unpaired) electrons. The summed E-state index contributed by atoms with van der Waals surface area (Å²) < 4.78 is 10.3. The van der Waals surface area contributed by atoms with Crippen LogP contribution in [0.3, 0.4) is 0 Å². The van der Waals surface area contributed by atoms with E-state index in [2.05, 4.69) is 18.7 Å². The Hall–Kier alpha value is -0.650. The molecule has 0 aromatic carbocycles. The molecule has 3 heterocycles. The van der Waals surface area contributed by atoms with Crippen LogP contribution < -0.4 is 0 Å².